The topological polar surface area (TPSA) is 122 Å². The summed E-state index contributed by atoms with van der Waals surface area (Å²) in [6.07, 6.45) is -11.2. The highest BCUT2D eigenvalue weighted by Crippen LogP contribution is 2.37. The summed E-state index contributed by atoms with van der Waals surface area (Å²) >= 11 is 0. The number of benzene rings is 7. The van der Waals surface area contributed by atoms with Crippen molar-refractivity contribution in [2.24, 2.45) is 0 Å². The van der Waals surface area contributed by atoms with Gasteiger partial charge in [-0.3, -0.25) is 4.79 Å². The van der Waals surface area contributed by atoms with Gasteiger partial charge in [0.1, 0.15) is 48.8 Å². The van der Waals surface area contributed by atoms with Crippen LogP contribution in [0.25, 0.3) is 0 Å². The van der Waals surface area contributed by atoms with E-state index in [1.165, 1.54) is 0 Å². The van der Waals surface area contributed by atoms with Gasteiger partial charge in [0.2, 0.25) is 0 Å². The summed E-state index contributed by atoms with van der Waals surface area (Å²) in [5, 5.41) is 0. The molecule has 2 aliphatic rings. The summed E-state index contributed by atoms with van der Waals surface area (Å²) in [5.41, 5.74) is 6.44. The Morgan fingerprint density at radius 3 is 1.10 bits per heavy atom. The van der Waals surface area contributed by atoms with Crippen LogP contribution >= 0.6 is 0 Å². The van der Waals surface area contributed by atoms with Crippen LogP contribution in [0.1, 0.15) is 84.4 Å². The van der Waals surface area contributed by atoms with E-state index in [1.807, 2.05) is 219 Å². The number of alkyl halides is 3. The molecule has 7 aromatic carbocycles. The van der Waals surface area contributed by atoms with Crippen molar-refractivity contribution in [1.82, 2.24) is 4.90 Å². The summed E-state index contributed by atoms with van der Waals surface area (Å²) in [7, 11) is 0. The minimum Gasteiger partial charge on any atom is -0.374 e. The molecule has 0 radical (unpaired) electrons. The van der Waals surface area contributed by atoms with Gasteiger partial charge in [0.15, 0.2) is 12.6 Å². The lowest BCUT2D eigenvalue weighted by atomic mass is 9.95. The number of carbonyl (C=O) groups excluding carboxylic acids is 1. The van der Waals surface area contributed by atoms with Gasteiger partial charge in [-0.1, -0.05) is 239 Å². The molecular formula is C73H84F3NO12. The quantitative estimate of drug-likeness (QED) is 0.0348. The molecule has 2 saturated heterocycles. The van der Waals surface area contributed by atoms with Gasteiger partial charge in [-0.25, -0.2) is 0 Å². The lowest BCUT2D eigenvalue weighted by molar-refractivity contribution is -0.377. The van der Waals surface area contributed by atoms with Crippen LogP contribution in [0, 0.1) is 0 Å². The molecule has 13 nitrogen and oxygen atoms in total. The first-order valence-corrected chi connectivity index (χ1v) is 31.1. The number of halogens is 3. The van der Waals surface area contributed by atoms with E-state index in [0.29, 0.717) is 19.4 Å². The van der Waals surface area contributed by atoms with Crippen LogP contribution in [0.3, 0.4) is 0 Å². The number of hydrogen-bond acceptors (Lipinski definition) is 12. The average Bonchev–Trinajstić information content (AvgIpc) is 1.46. The predicted octanol–water partition coefficient (Wildman–Crippen LogP) is 13.9. The summed E-state index contributed by atoms with van der Waals surface area (Å²) in [6.45, 7) is 3.37. The maximum absolute atomic E-state index is 13.9. The molecule has 2 heterocycles. The smallest absolute Gasteiger partial charge is 0.374 e. The van der Waals surface area contributed by atoms with E-state index in [-0.39, 0.29) is 79.0 Å². The standard InChI is InChI=1S/C73H84F3NO12/c1-2-3-4-26-43-77(72(78)73(74,75)76)44-27-28-45-81-70-68(85-51-60-39-22-10-23-40-60)67(84-50-59-37-20-9-21-38-59)65(63(87-70)54-80-47-56-31-14-6-15-32-56)89-71-69(86-52-61-41-24-11-25-42-61)66(83-49-58-35-18-8-19-36-58)64(82-48-57-33-16-7-17-34-57)62(88-71)53-79-46-55-29-12-5-13-30-55/h5-25,29-42,62-71H,2-4,26-28,43-54H2,1H3/t62-,63-,64+,65-,66+,67+,68-,69-,70-,71+/m1/s1. The average molecular weight is 1220 g/mol. The van der Waals surface area contributed by atoms with Crippen LogP contribution in [0.4, 0.5) is 13.2 Å². The normalized spacial score (nSPS) is 22.0. The van der Waals surface area contributed by atoms with Crippen molar-refractivity contribution in [1.29, 1.82) is 0 Å². The van der Waals surface area contributed by atoms with Crippen LogP contribution < -0.4 is 0 Å². The second-order valence-electron chi connectivity index (χ2n) is 22.4. The van der Waals surface area contributed by atoms with Crippen molar-refractivity contribution >= 4 is 5.91 Å². The van der Waals surface area contributed by atoms with Gasteiger partial charge >= 0.3 is 12.1 Å². The number of carbonyl (C=O) groups is 1. The molecular weight excluding hydrogens is 1140 g/mol. The Bertz CT molecular complexity index is 3020. The van der Waals surface area contributed by atoms with Crippen molar-refractivity contribution in [3.05, 3.63) is 251 Å². The zero-order chi connectivity index (χ0) is 61.7. The Morgan fingerprint density at radius 2 is 0.708 bits per heavy atom. The minimum atomic E-state index is -4.99. The number of amides is 1. The zero-order valence-electron chi connectivity index (χ0n) is 50.7. The SMILES string of the molecule is CCCCCCN(CCCCO[C@@H]1O[C@H](COCc2ccccc2)[C@@H](O[C@@H]2O[C@H](COCc3ccccc3)[C@H](OCc3ccccc3)[C@H](OCc3ccccc3)[C@H]2OCc2ccccc2)[C@H](OCc2ccccc2)[C@H]1OCc1ccccc1)C(=O)C(F)(F)F. The van der Waals surface area contributed by atoms with Gasteiger partial charge in [0, 0.05) is 19.7 Å². The maximum Gasteiger partial charge on any atom is 0.471 e. The Morgan fingerprint density at radius 1 is 0.382 bits per heavy atom. The fourth-order valence-corrected chi connectivity index (χ4v) is 10.9. The molecule has 0 saturated carbocycles. The molecule has 0 aromatic heterocycles. The lowest BCUT2D eigenvalue weighted by Gasteiger charge is -2.50. The minimum absolute atomic E-state index is 0.0123. The molecule has 0 spiro atoms. The summed E-state index contributed by atoms with van der Waals surface area (Å²) < 4.78 is 119. The van der Waals surface area contributed by atoms with Crippen LogP contribution in [-0.2, 0) is 103 Å². The van der Waals surface area contributed by atoms with Gasteiger partial charge < -0.3 is 57.0 Å². The van der Waals surface area contributed by atoms with Crippen LogP contribution in [0.15, 0.2) is 212 Å². The molecule has 9 rings (SSSR count). The predicted molar refractivity (Wildman–Crippen MR) is 331 cm³/mol. The molecule has 2 aliphatic heterocycles. The van der Waals surface area contributed by atoms with E-state index >= 15 is 0 Å². The molecule has 7 aromatic rings. The highest BCUT2D eigenvalue weighted by atomic mass is 19.4. The van der Waals surface area contributed by atoms with Crippen LogP contribution in [0.2, 0.25) is 0 Å². The molecule has 0 N–H and O–H groups in total. The van der Waals surface area contributed by atoms with E-state index in [0.717, 1.165) is 63.1 Å². The molecule has 2 fully saturated rings. The number of hydrogen-bond donors (Lipinski definition) is 0. The molecule has 10 atom stereocenters. The molecule has 474 valence electrons. The highest BCUT2D eigenvalue weighted by molar-refractivity contribution is 5.81. The number of nitrogens with zero attached hydrogens (tertiary/aromatic N) is 1. The Labute approximate surface area is 522 Å². The van der Waals surface area contributed by atoms with Crippen LogP contribution in [0.5, 0.6) is 0 Å². The third-order valence-corrected chi connectivity index (χ3v) is 15.6. The first-order valence-electron chi connectivity index (χ1n) is 31.1. The number of rotatable bonds is 36. The second-order valence-corrected chi connectivity index (χ2v) is 22.4. The summed E-state index contributed by atoms with van der Waals surface area (Å²) in [5.74, 6) is -1.84. The van der Waals surface area contributed by atoms with Crippen molar-refractivity contribution < 1.29 is 70.1 Å². The van der Waals surface area contributed by atoms with Gasteiger partial charge in [0.05, 0.1) is 59.5 Å². The molecule has 1 amide bonds. The van der Waals surface area contributed by atoms with E-state index in [2.05, 4.69) is 0 Å². The van der Waals surface area contributed by atoms with E-state index in [4.69, 9.17) is 52.1 Å². The number of ether oxygens (including phenoxy) is 11. The summed E-state index contributed by atoms with van der Waals surface area (Å²) in [6, 6.07) is 68.9. The van der Waals surface area contributed by atoms with E-state index in [9.17, 15) is 18.0 Å². The Kier molecular flexibility index (Phi) is 27.2. The van der Waals surface area contributed by atoms with Gasteiger partial charge in [-0.05, 0) is 58.2 Å². The largest absolute Gasteiger partial charge is 0.471 e. The zero-order valence-corrected chi connectivity index (χ0v) is 50.7. The van der Waals surface area contributed by atoms with Crippen molar-refractivity contribution in [3.8, 4) is 0 Å². The molecule has 0 unspecified atom stereocenters. The molecule has 0 aliphatic carbocycles. The van der Waals surface area contributed by atoms with Gasteiger partial charge in [0.25, 0.3) is 0 Å². The van der Waals surface area contributed by atoms with E-state index in [1.54, 1.807) is 0 Å². The van der Waals surface area contributed by atoms with Crippen molar-refractivity contribution in [2.75, 3.05) is 32.9 Å². The monoisotopic (exact) mass is 1220 g/mol. The fourth-order valence-electron chi connectivity index (χ4n) is 10.9. The molecule has 16 heteroatoms. The van der Waals surface area contributed by atoms with Gasteiger partial charge in [-0.2, -0.15) is 13.2 Å². The van der Waals surface area contributed by atoms with E-state index < -0.39 is 73.5 Å². The van der Waals surface area contributed by atoms with Gasteiger partial charge in [-0.15, -0.1) is 0 Å². The highest BCUT2D eigenvalue weighted by Gasteiger charge is 2.55. The number of unbranched alkanes of at least 4 members (excludes halogenated alkanes) is 4. The Balaban J connectivity index is 1.09. The third kappa shape index (κ3) is 21.5. The van der Waals surface area contributed by atoms with Crippen molar-refractivity contribution in [3.63, 3.8) is 0 Å². The molecule has 89 heavy (non-hydrogen) atoms. The maximum atomic E-state index is 13.9. The first-order chi connectivity index (χ1) is 43.7. The van der Waals surface area contributed by atoms with Crippen LogP contribution in [-0.4, -0.2) is 111 Å². The molecule has 0 bridgehead atoms. The second kappa shape index (κ2) is 36.3. The third-order valence-electron chi connectivity index (χ3n) is 15.6. The first kappa shape index (κ1) is 66.8. The Hall–Kier alpha value is -6.64. The van der Waals surface area contributed by atoms with Crippen molar-refractivity contribution in [2.45, 2.75) is 159 Å². The summed E-state index contributed by atoms with van der Waals surface area (Å²) in [4.78, 5) is 13.6. The fraction of sp³-hybridized carbons (Fsp3) is 0.411. The lowest BCUT2D eigenvalue weighted by Crippen LogP contribution is -2.66.